The van der Waals surface area contributed by atoms with Gasteiger partial charge in [-0.2, -0.15) is 0 Å². The van der Waals surface area contributed by atoms with Gasteiger partial charge in [0, 0.05) is 11.4 Å². The molecule has 1 aromatic carbocycles. The van der Waals surface area contributed by atoms with Crippen LogP contribution in [0.25, 0.3) is 0 Å². The van der Waals surface area contributed by atoms with Gasteiger partial charge in [0.15, 0.2) is 0 Å². The summed E-state index contributed by atoms with van der Waals surface area (Å²) in [6, 6.07) is 6.38. The lowest BCUT2D eigenvalue weighted by Crippen LogP contribution is -2.38. The molecule has 0 atom stereocenters. The van der Waals surface area contributed by atoms with Crippen molar-refractivity contribution in [2.45, 2.75) is 11.8 Å². The molecule has 0 spiro atoms. The maximum atomic E-state index is 12.7. The number of carbonyl (C=O) groups excluding carboxylic acids is 1. The van der Waals surface area contributed by atoms with Gasteiger partial charge in [0.1, 0.15) is 6.61 Å². The molecule has 94 valence electrons. The van der Waals surface area contributed by atoms with Crippen molar-refractivity contribution in [2.75, 3.05) is 13.2 Å². The molecule has 1 aromatic rings. The zero-order valence-corrected chi connectivity index (χ0v) is 9.68. The zero-order valence-electron chi connectivity index (χ0n) is 8.92. The number of aliphatic hydroxyl groups excluding tert-OH is 1. The summed E-state index contributed by atoms with van der Waals surface area (Å²) >= 11 is 5.59. The van der Waals surface area contributed by atoms with Gasteiger partial charge in [-0.25, -0.2) is 8.78 Å². The van der Waals surface area contributed by atoms with Crippen LogP contribution in [-0.4, -0.2) is 30.1 Å². The van der Waals surface area contributed by atoms with Crippen molar-refractivity contribution in [3.8, 4) is 0 Å². The van der Waals surface area contributed by atoms with Crippen LogP contribution in [0.15, 0.2) is 24.3 Å². The molecule has 0 aromatic heterocycles. The number of rotatable bonds is 5. The van der Waals surface area contributed by atoms with Crippen LogP contribution in [0.2, 0.25) is 0 Å². The molecule has 1 rings (SSSR count). The number of halogens is 3. The second-order valence-corrected chi connectivity index (χ2v) is 3.80. The lowest BCUT2D eigenvalue weighted by atomic mass is 10.1. The fraction of sp³-hybridized carbons (Fsp3) is 0.364. The molecule has 2 N–H and O–H groups in total. The maximum Gasteiger partial charge on any atom is 0.287 e. The van der Waals surface area contributed by atoms with Crippen LogP contribution in [0.4, 0.5) is 8.78 Å². The first-order valence-electron chi connectivity index (χ1n) is 4.90. The highest BCUT2D eigenvalue weighted by Gasteiger charge is 2.28. The van der Waals surface area contributed by atoms with Gasteiger partial charge >= 0.3 is 0 Å². The average molecular weight is 264 g/mol. The number of hydrogen-bond acceptors (Lipinski definition) is 2. The Hall–Kier alpha value is -1.20. The van der Waals surface area contributed by atoms with Crippen molar-refractivity contribution < 1.29 is 18.7 Å². The summed E-state index contributed by atoms with van der Waals surface area (Å²) in [4.78, 5) is 11.5. The highest BCUT2D eigenvalue weighted by atomic mass is 35.5. The molecule has 0 fully saturated rings. The van der Waals surface area contributed by atoms with Gasteiger partial charge < -0.3 is 10.4 Å². The Morgan fingerprint density at radius 3 is 2.76 bits per heavy atom. The van der Waals surface area contributed by atoms with Gasteiger partial charge in [0.25, 0.3) is 11.8 Å². The molecule has 0 saturated heterocycles. The number of carbonyl (C=O) groups is 1. The molecule has 1 amide bonds. The molecule has 0 aliphatic carbocycles. The van der Waals surface area contributed by atoms with E-state index in [0.29, 0.717) is 0 Å². The number of alkyl halides is 3. The minimum Gasteiger partial charge on any atom is -0.390 e. The lowest BCUT2D eigenvalue weighted by Gasteiger charge is -2.14. The smallest absolute Gasteiger partial charge is 0.287 e. The van der Waals surface area contributed by atoms with E-state index in [4.69, 9.17) is 16.7 Å². The Balaban J connectivity index is 2.64. The standard InChI is InChI=1S/C11H12ClF2NO2/c12-5-8-2-1-3-9(4-8)10(17)15-6-11(13,14)7-16/h1-4,16H,5-7H2,(H,15,17). The van der Waals surface area contributed by atoms with Gasteiger partial charge in [-0.15, -0.1) is 11.6 Å². The molecule has 0 unspecified atom stereocenters. The van der Waals surface area contributed by atoms with Crippen LogP contribution in [0, 0.1) is 0 Å². The van der Waals surface area contributed by atoms with E-state index in [0.717, 1.165) is 5.56 Å². The van der Waals surface area contributed by atoms with E-state index >= 15 is 0 Å². The predicted molar refractivity (Wildman–Crippen MR) is 60.4 cm³/mol. The largest absolute Gasteiger partial charge is 0.390 e. The van der Waals surface area contributed by atoms with Crippen LogP contribution in [0.3, 0.4) is 0 Å². The molecule has 0 bridgehead atoms. The van der Waals surface area contributed by atoms with Crippen molar-refractivity contribution in [3.05, 3.63) is 35.4 Å². The minimum absolute atomic E-state index is 0.244. The number of nitrogens with one attached hydrogen (secondary N) is 1. The Morgan fingerprint density at radius 1 is 1.47 bits per heavy atom. The fourth-order valence-corrected chi connectivity index (χ4v) is 1.33. The monoisotopic (exact) mass is 263 g/mol. The Bertz CT molecular complexity index is 399. The van der Waals surface area contributed by atoms with E-state index in [2.05, 4.69) is 0 Å². The Morgan fingerprint density at radius 2 is 2.18 bits per heavy atom. The summed E-state index contributed by atoms with van der Waals surface area (Å²) in [5, 5.41) is 10.4. The third-order valence-corrected chi connectivity index (χ3v) is 2.39. The van der Waals surface area contributed by atoms with Crippen molar-refractivity contribution >= 4 is 17.5 Å². The molecule has 0 radical (unpaired) electrons. The highest BCUT2D eigenvalue weighted by molar-refractivity contribution is 6.17. The van der Waals surface area contributed by atoms with Crippen LogP contribution < -0.4 is 5.32 Å². The third kappa shape index (κ3) is 4.28. The number of benzene rings is 1. The van der Waals surface area contributed by atoms with Crippen molar-refractivity contribution in [2.24, 2.45) is 0 Å². The van der Waals surface area contributed by atoms with Crippen molar-refractivity contribution in [1.29, 1.82) is 0 Å². The van der Waals surface area contributed by atoms with E-state index < -0.39 is 25.0 Å². The summed E-state index contributed by atoms with van der Waals surface area (Å²) in [6.07, 6.45) is 0. The van der Waals surface area contributed by atoms with E-state index in [-0.39, 0.29) is 11.4 Å². The first kappa shape index (κ1) is 13.9. The van der Waals surface area contributed by atoms with E-state index in [1.54, 1.807) is 12.1 Å². The van der Waals surface area contributed by atoms with Gasteiger partial charge in [-0.1, -0.05) is 12.1 Å². The molecule has 17 heavy (non-hydrogen) atoms. The van der Waals surface area contributed by atoms with Gasteiger partial charge in [0.2, 0.25) is 0 Å². The molecule has 6 heteroatoms. The number of amides is 1. The molecule has 0 aliphatic rings. The molecular weight excluding hydrogens is 252 g/mol. The van der Waals surface area contributed by atoms with Crippen LogP contribution >= 0.6 is 11.6 Å². The summed E-state index contributed by atoms with van der Waals surface area (Å²) < 4.78 is 25.4. The van der Waals surface area contributed by atoms with Gasteiger partial charge in [-0.05, 0) is 17.7 Å². The molecular formula is C11H12ClF2NO2. The zero-order chi connectivity index (χ0) is 12.9. The molecule has 0 heterocycles. The normalized spacial score (nSPS) is 11.3. The third-order valence-electron chi connectivity index (χ3n) is 2.08. The second-order valence-electron chi connectivity index (χ2n) is 3.53. The topological polar surface area (TPSA) is 49.3 Å². The minimum atomic E-state index is -3.31. The average Bonchev–Trinajstić information content (AvgIpc) is 2.36. The fourth-order valence-electron chi connectivity index (χ4n) is 1.16. The van der Waals surface area contributed by atoms with Gasteiger partial charge in [0.05, 0.1) is 6.54 Å². The van der Waals surface area contributed by atoms with E-state index in [9.17, 15) is 13.6 Å². The maximum absolute atomic E-state index is 12.7. The van der Waals surface area contributed by atoms with Crippen LogP contribution in [0.5, 0.6) is 0 Å². The lowest BCUT2D eigenvalue weighted by molar-refractivity contribution is -0.0462. The summed E-state index contributed by atoms with van der Waals surface area (Å²) in [7, 11) is 0. The van der Waals surface area contributed by atoms with E-state index in [1.807, 2.05) is 5.32 Å². The predicted octanol–water partition coefficient (Wildman–Crippen LogP) is 1.78. The summed E-state index contributed by atoms with van der Waals surface area (Å²) in [5.74, 6) is -3.68. The SMILES string of the molecule is O=C(NCC(F)(F)CO)c1cccc(CCl)c1. The Labute approximate surface area is 102 Å². The summed E-state index contributed by atoms with van der Waals surface area (Å²) in [6.45, 7) is -2.19. The second kappa shape index (κ2) is 5.93. The molecule has 0 saturated carbocycles. The van der Waals surface area contributed by atoms with Crippen molar-refractivity contribution in [1.82, 2.24) is 5.32 Å². The summed E-state index contributed by atoms with van der Waals surface area (Å²) in [5.41, 5.74) is 0.991. The number of hydrogen-bond donors (Lipinski definition) is 2. The first-order valence-corrected chi connectivity index (χ1v) is 5.44. The highest BCUT2D eigenvalue weighted by Crippen LogP contribution is 2.11. The van der Waals surface area contributed by atoms with Crippen molar-refractivity contribution in [3.63, 3.8) is 0 Å². The Kier molecular flexibility index (Phi) is 4.84. The molecule has 0 aliphatic heterocycles. The van der Waals surface area contributed by atoms with Crippen LogP contribution in [-0.2, 0) is 5.88 Å². The van der Waals surface area contributed by atoms with Gasteiger partial charge in [-0.3, -0.25) is 4.79 Å². The number of aliphatic hydroxyl groups is 1. The first-order chi connectivity index (χ1) is 7.98. The quantitative estimate of drug-likeness (QED) is 0.796. The van der Waals surface area contributed by atoms with E-state index in [1.165, 1.54) is 12.1 Å². The van der Waals surface area contributed by atoms with Crippen LogP contribution in [0.1, 0.15) is 15.9 Å². The molecule has 3 nitrogen and oxygen atoms in total.